The largest absolute Gasteiger partial charge is 0.314 e. The van der Waals surface area contributed by atoms with E-state index in [1.54, 1.807) is 6.92 Å². The summed E-state index contributed by atoms with van der Waals surface area (Å²) in [5.74, 6) is 0.252. The number of amidine groups is 1. The monoisotopic (exact) mass is 299 g/mol. The number of aliphatic imine (C=N–C) groups is 1. The topological polar surface area (TPSA) is 87.6 Å². The molecule has 0 aromatic rings. The van der Waals surface area contributed by atoms with Crippen LogP contribution < -0.4 is 10.0 Å². The molecule has 0 radical (unpaired) electrons. The van der Waals surface area contributed by atoms with Crippen molar-refractivity contribution < 1.29 is 13.2 Å². The number of carbonyl (C=O) groups excluding carboxylic acids is 1. The van der Waals surface area contributed by atoms with Crippen LogP contribution in [0.2, 0.25) is 0 Å². The number of nitrogens with zero attached hydrogens (tertiary/aromatic N) is 1. The fourth-order valence-electron chi connectivity index (χ4n) is 3.10. The predicted octanol–water partition coefficient (Wildman–Crippen LogP) is 0.544. The molecule has 3 rings (SSSR count). The maximum atomic E-state index is 12.4. The summed E-state index contributed by atoms with van der Waals surface area (Å²) < 4.78 is 27.6. The molecular weight excluding hydrogens is 278 g/mol. The van der Waals surface area contributed by atoms with Gasteiger partial charge in [0.15, 0.2) is 0 Å². The molecule has 2 fully saturated rings. The lowest BCUT2D eigenvalue weighted by Gasteiger charge is -2.36. The summed E-state index contributed by atoms with van der Waals surface area (Å²) in [6.45, 7) is 3.70. The fraction of sp³-hybridized carbons (Fsp3) is 0.846. The molecule has 0 aromatic heterocycles. The normalized spacial score (nSPS) is 35.8. The van der Waals surface area contributed by atoms with Gasteiger partial charge >= 0.3 is 0 Å². The highest BCUT2D eigenvalue weighted by Gasteiger charge is 2.46. The van der Waals surface area contributed by atoms with Crippen molar-refractivity contribution in [2.45, 2.75) is 62.8 Å². The third-order valence-corrected chi connectivity index (χ3v) is 6.68. The molecule has 2 N–H and O–H groups in total. The average molecular weight is 299 g/mol. The van der Waals surface area contributed by atoms with Crippen molar-refractivity contribution in [1.82, 2.24) is 10.0 Å². The molecule has 20 heavy (non-hydrogen) atoms. The molecular formula is C13H21N3O3S. The summed E-state index contributed by atoms with van der Waals surface area (Å²) in [6, 6.07) is -0.0493. The number of hydrogen-bond donors (Lipinski definition) is 2. The van der Waals surface area contributed by atoms with Crippen molar-refractivity contribution >= 4 is 21.8 Å². The van der Waals surface area contributed by atoms with E-state index in [4.69, 9.17) is 0 Å². The minimum atomic E-state index is -3.34. The van der Waals surface area contributed by atoms with Crippen LogP contribution in [0.4, 0.5) is 0 Å². The molecule has 1 aliphatic heterocycles. The van der Waals surface area contributed by atoms with Crippen LogP contribution in [-0.2, 0) is 14.8 Å². The zero-order chi connectivity index (χ0) is 14.5. The molecule has 2 aliphatic carbocycles. The Bertz CT molecular complexity index is 565. The molecule has 1 amide bonds. The van der Waals surface area contributed by atoms with E-state index in [2.05, 4.69) is 15.0 Å². The summed E-state index contributed by atoms with van der Waals surface area (Å²) in [7, 11) is -3.34. The van der Waals surface area contributed by atoms with Gasteiger partial charge in [0.25, 0.3) is 0 Å². The average Bonchev–Trinajstić information content (AvgIpc) is 3.05. The molecule has 1 heterocycles. The van der Waals surface area contributed by atoms with Gasteiger partial charge in [-0.05, 0) is 46.0 Å². The van der Waals surface area contributed by atoms with Crippen LogP contribution in [0.3, 0.4) is 0 Å². The molecule has 3 atom stereocenters. The van der Waals surface area contributed by atoms with Crippen LogP contribution in [0, 0.1) is 5.92 Å². The Morgan fingerprint density at radius 1 is 1.35 bits per heavy atom. The molecule has 0 bridgehead atoms. The highest BCUT2D eigenvalue weighted by Crippen LogP contribution is 2.38. The van der Waals surface area contributed by atoms with Crippen LogP contribution in [0.5, 0.6) is 0 Å². The second kappa shape index (κ2) is 4.53. The predicted molar refractivity (Wildman–Crippen MR) is 75.9 cm³/mol. The van der Waals surface area contributed by atoms with Crippen molar-refractivity contribution in [2.24, 2.45) is 10.9 Å². The second-order valence-corrected chi connectivity index (χ2v) is 8.48. The summed E-state index contributed by atoms with van der Waals surface area (Å²) in [5, 5.41) is 2.24. The lowest BCUT2D eigenvalue weighted by molar-refractivity contribution is -0.125. The van der Waals surface area contributed by atoms with Gasteiger partial charge in [-0.2, -0.15) is 0 Å². The summed E-state index contributed by atoms with van der Waals surface area (Å²) in [5.41, 5.74) is -0.251. The Kier molecular flexibility index (Phi) is 3.17. The van der Waals surface area contributed by atoms with Crippen LogP contribution >= 0.6 is 0 Å². The van der Waals surface area contributed by atoms with Gasteiger partial charge in [0.2, 0.25) is 15.9 Å². The van der Waals surface area contributed by atoms with Crippen LogP contribution in [0.15, 0.2) is 4.99 Å². The minimum Gasteiger partial charge on any atom is -0.314 e. The number of carbonyl (C=O) groups is 1. The minimum absolute atomic E-state index is 0.0493. The van der Waals surface area contributed by atoms with E-state index in [9.17, 15) is 13.2 Å². The highest BCUT2D eigenvalue weighted by molar-refractivity contribution is 7.90. The van der Waals surface area contributed by atoms with Gasteiger partial charge in [0.05, 0.1) is 17.2 Å². The van der Waals surface area contributed by atoms with E-state index < -0.39 is 15.3 Å². The molecule has 0 spiro atoms. The van der Waals surface area contributed by atoms with E-state index in [1.165, 1.54) is 0 Å². The van der Waals surface area contributed by atoms with Gasteiger partial charge in [-0.15, -0.1) is 0 Å². The zero-order valence-corrected chi connectivity index (χ0v) is 12.7. The molecule has 0 aromatic carbocycles. The van der Waals surface area contributed by atoms with Gasteiger partial charge in [0, 0.05) is 5.54 Å². The van der Waals surface area contributed by atoms with E-state index in [-0.39, 0.29) is 23.4 Å². The van der Waals surface area contributed by atoms with Crippen molar-refractivity contribution in [1.29, 1.82) is 0 Å². The van der Waals surface area contributed by atoms with Crippen molar-refractivity contribution in [3.8, 4) is 0 Å². The van der Waals surface area contributed by atoms with Gasteiger partial charge in [-0.1, -0.05) is 0 Å². The van der Waals surface area contributed by atoms with Crippen LogP contribution in [0.1, 0.15) is 46.0 Å². The maximum absolute atomic E-state index is 12.4. The van der Waals surface area contributed by atoms with Gasteiger partial charge in [-0.3, -0.25) is 9.79 Å². The number of hydrogen-bond acceptors (Lipinski definition) is 4. The second-order valence-electron chi connectivity index (χ2n) is 6.52. The molecule has 2 saturated carbocycles. The molecule has 7 heteroatoms. The van der Waals surface area contributed by atoms with E-state index >= 15 is 0 Å². The van der Waals surface area contributed by atoms with Crippen LogP contribution in [-0.4, -0.2) is 37.0 Å². The van der Waals surface area contributed by atoms with Gasteiger partial charge < -0.3 is 5.32 Å². The third kappa shape index (κ3) is 2.61. The van der Waals surface area contributed by atoms with E-state index in [0.717, 1.165) is 12.8 Å². The summed E-state index contributed by atoms with van der Waals surface area (Å²) >= 11 is 0. The Labute approximate surface area is 119 Å². The van der Waals surface area contributed by atoms with E-state index in [0.29, 0.717) is 25.1 Å². The Hall–Kier alpha value is -0.950. The van der Waals surface area contributed by atoms with Crippen LogP contribution in [0.25, 0.3) is 0 Å². The Morgan fingerprint density at radius 3 is 2.70 bits per heavy atom. The van der Waals surface area contributed by atoms with Gasteiger partial charge in [-0.25, -0.2) is 13.1 Å². The first-order valence-electron chi connectivity index (χ1n) is 7.17. The highest BCUT2D eigenvalue weighted by atomic mass is 32.2. The quantitative estimate of drug-likeness (QED) is 0.797. The van der Waals surface area contributed by atoms with E-state index in [1.807, 2.05) is 6.92 Å². The third-order valence-electron chi connectivity index (χ3n) is 4.59. The van der Waals surface area contributed by atoms with Gasteiger partial charge in [0.1, 0.15) is 5.84 Å². The number of nitrogens with one attached hydrogen (secondary N) is 2. The molecule has 3 unspecified atom stereocenters. The molecule has 3 aliphatic rings. The fourth-order valence-corrected chi connectivity index (χ4v) is 5.07. The number of amides is 1. The lowest BCUT2D eigenvalue weighted by atomic mass is 9.83. The molecule has 112 valence electrons. The smallest absolute Gasteiger partial charge is 0.230 e. The number of sulfonamides is 1. The zero-order valence-electron chi connectivity index (χ0n) is 11.8. The number of rotatable bonds is 3. The first-order valence-corrected chi connectivity index (χ1v) is 8.72. The first kappa shape index (κ1) is 14.0. The SMILES string of the molecule is CC1=NC2CCC(S(=O)(=O)NC3(C)CC3)CC2C(=O)N1. The molecule has 6 nitrogen and oxygen atoms in total. The lowest BCUT2D eigenvalue weighted by Crippen LogP contribution is -2.51. The Balaban J connectivity index is 1.74. The summed E-state index contributed by atoms with van der Waals surface area (Å²) in [6.07, 6.45) is 3.41. The first-order chi connectivity index (χ1) is 9.29. The maximum Gasteiger partial charge on any atom is 0.230 e. The molecule has 0 saturated heterocycles. The standard InChI is InChI=1S/C13H21N3O3S/c1-8-14-11-4-3-9(7-10(11)12(17)15-8)20(18,19)16-13(2)5-6-13/h9-11,16H,3-7H2,1-2H3,(H,14,15,17). The van der Waals surface area contributed by atoms with Crippen molar-refractivity contribution in [2.75, 3.05) is 0 Å². The number of fused-ring (bicyclic) bond motifs is 1. The Morgan fingerprint density at radius 2 is 2.05 bits per heavy atom. The summed E-state index contributed by atoms with van der Waals surface area (Å²) in [4.78, 5) is 16.4. The van der Waals surface area contributed by atoms with Crippen molar-refractivity contribution in [3.05, 3.63) is 0 Å². The van der Waals surface area contributed by atoms with Crippen molar-refractivity contribution in [3.63, 3.8) is 0 Å².